The van der Waals surface area contributed by atoms with Gasteiger partial charge < -0.3 is 10.2 Å². The van der Waals surface area contributed by atoms with Gasteiger partial charge in [-0.1, -0.05) is 0 Å². The second-order valence-electron chi connectivity index (χ2n) is 4.96. The molecule has 1 aromatic carbocycles. The molecule has 1 unspecified atom stereocenters. The second-order valence-corrected chi connectivity index (χ2v) is 5.81. The van der Waals surface area contributed by atoms with E-state index in [1.54, 1.807) is 0 Å². The summed E-state index contributed by atoms with van der Waals surface area (Å²) in [5.74, 6) is 0.714. The monoisotopic (exact) mass is 307 g/mol. The predicted octanol–water partition coefficient (Wildman–Crippen LogP) is 3.07. The minimum absolute atomic E-state index is 0.685. The summed E-state index contributed by atoms with van der Waals surface area (Å²) < 4.78 is 0.964. The van der Waals surface area contributed by atoms with Crippen LogP contribution in [0.15, 0.2) is 22.7 Å². The Labute approximate surface area is 117 Å². The molecule has 1 aliphatic rings. The van der Waals surface area contributed by atoms with E-state index in [-0.39, 0.29) is 0 Å². The van der Waals surface area contributed by atoms with Crippen LogP contribution in [-0.4, -0.2) is 31.6 Å². The number of nitriles is 1. The van der Waals surface area contributed by atoms with Crippen molar-refractivity contribution in [2.45, 2.75) is 12.8 Å². The maximum Gasteiger partial charge on any atom is 0.0992 e. The molecule has 1 aromatic rings. The highest BCUT2D eigenvalue weighted by atomic mass is 79.9. The van der Waals surface area contributed by atoms with Gasteiger partial charge in [-0.2, -0.15) is 5.26 Å². The lowest BCUT2D eigenvalue weighted by atomic mass is 9.98. The molecular weight excluding hydrogens is 290 g/mol. The molecular formula is C14H18BrN3. The maximum absolute atomic E-state index is 8.82. The number of hydrogen-bond acceptors (Lipinski definition) is 3. The van der Waals surface area contributed by atoms with Crippen LogP contribution in [0.5, 0.6) is 0 Å². The van der Waals surface area contributed by atoms with Gasteiger partial charge in [-0.25, -0.2) is 0 Å². The van der Waals surface area contributed by atoms with Crippen LogP contribution in [0.4, 0.5) is 5.69 Å². The fraction of sp³-hybridized carbons (Fsp3) is 0.500. The minimum atomic E-state index is 0.685. The molecule has 96 valence electrons. The summed E-state index contributed by atoms with van der Waals surface area (Å²) in [6.07, 6.45) is 2.59. The van der Waals surface area contributed by atoms with Crippen molar-refractivity contribution in [3.63, 3.8) is 0 Å². The lowest BCUT2D eigenvalue weighted by Crippen LogP contribution is -2.35. The average Bonchev–Trinajstić information content (AvgIpc) is 2.37. The smallest absolute Gasteiger partial charge is 0.0992 e. The zero-order valence-corrected chi connectivity index (χ0v) is 12.2. The van der Waals surface area contributed by atoms with E-state index in [1.807, 2.05) is 18.2 Å². The largest absolute Gasteiger partial charge is 0.384 e. The molecule has 1 saturated heterocycles. The molecule has 0 spiro atoms. The van der Waals surface area contributed by atoms with Gasteiger partial charge >= 0.3 is 0 Å². The number of nitrogens with zero attached hydrogens (tertiary/aromatic N) is 2. The highest BCUT2D eigenvalue weighted by molar-refractivity contribution is 9.10. The number of rotatable bonds is 3. The summed E-state index contributed by atoms with van der Waals surface area (Å²) in [5, 5.41) is 12.3. The summed E-state index contributed by atoms with van der Waals surface area (Å²) in [7, 11) is 2.18. The Hall–Kier alpha value is -1.05. The molecule has 0 aliphatic carbocycles. The van der Waals surface area contributed by atoms with Crippen molar-refractivity contribution >= 4 is 21.6 Å². The van der Waals surface area contributed by atoms with Crippen molar-refractivity contribution in [3.8, 4) is 6.07 Å². The fourth-order valence-electron chi connectivity index (χ4n) is 2.42. The first kappa shape index (κ1) is 13.4. The van der Waals surface area contributed by atoms with Crippen LogP contribution in [-0.2, 0) is 0 Å². The quantitative estimate of drug-likeness (QED) is 0.933. The molecule has 4 heteroatoms. The molecule has 0 radical (unpaired) electrons. The van der Waals surface area contributed by atoms with Crippen LogP contribution in [0.2, 0.25) is 0 Å². The molecule has 0 bridgehead atoms. The molecule has 1 heterocycles. The first-order chi connectivity index (χ1) is 8.69. The highest BCUT2D eigenvalue weighted by Crippen LogP contribution is 2.24. The summed E-state index contributed by atoms with van der Waals surface area (Å²) in [5.41, 5.74) is 1.76. The molecule has 3 nitrogen and oxygen atoms in total. The molecule has 0 aromatic heterocycles. The number of hydrogen-bond donors (Lipinski definition) is 1. The predicted molar refractivity (Wildman–Crippen MR) is 77.6 cm³/mol. The molecule has 18 heavy (non-hydrogen) atoms. The van der Waals surface area contributed by atoms with Crippen LogP contribution in [0, 0.1) is 17.2 Å². The van der Waals surface area contributed by atoms with E-state index in [2.05, 4.69) is 39.3 Å². The summed E-state index contributed by atoms with van der Waals surface area (Å²) in [4.78, 5) is 2.39. The number of piperidine rings is 1. The van der Waals surface area contributed by atoms with Crippen molar-refractivity contribution in [2.75, 3.05) is 32.0 Å². The first-order valence-electron chi connectivity index (χ1n) is 6.31. The summed E-state index contributed by atoms with van der Waals surface area (Å²) in [6.45, 7) is 3.38. The van der Waals surface area contributed by atoms with Gasteiger partial charge in [0.25, 0.3) is 0 Å². The van der Waals surface area contributed by atoms with Gasteiger partial charge in [-0.05, 0) is 66.5 Å². The van der Waals surface area contributed by atoms with Crippen LogP contribution in [0.25, 0.3) is 0 Å². The fourth-order valence-corrected chi connectivity index (χ4v) is 2.94. The van der Waals surface area contributed by atoms with Crippen molar-refractivity contribution in [1.29, 1.82) is 5.26 Å². The van der Waals surface area contributed by atoms with Gasteiger partial charge in [-0.15, -0.1) is 0 Å². The molecule has 1 atom stereocenters. The van der Waals surface area contributed by atoms with Crippen molar-refractivity contribution in [1.82, 2.24) is 4.90 Å². The Kier molecular flexibility index (Phi) is 4.62. The maximum atomic E-state index is 8.82. The van der Waals surface area contributed by atoms with E-state index in [9.17, 15) is 0 Å². The topological polar surface area (TPSA) is 39.1 Å². The van der Waals surface area contributed by atoms with E-state index in [0.717, 1.165) is 16.7 Å². The van der Waals surface area contributed by atoms with Crippen molar-refractivity contribution in [2.24, 2.45) is 5.92 Å². The zero-order chi connectivity index (χ0) is 13.0. The molecule has 0 amide bonds. The lowest BCUT2D eigenvalue weighted by molar-refractivity contribution is 0.217. The Balaban J connectivity index is 1.92. The number of nitrogens with one attached hydrogen (secondary N) is 1. The average molecular weight is 308 g/mol. The van der Waals surface area contributed by atoms with Gasteiger partial charge in [0.1, 0.15) is 0 Å². The lowest BCUT2D eigenvalue weighted by Gasteiger charge is -2.30. The molecule has 1 aliphatic heterocycles. The minimum Gasteiger partial charge on any atom is -0.384 e. The van der Waals surface area contributed by atoms with E-state index in [1.165, 1.54) is 25.9 Å². The second kappa shape index (κ2) is 6.21. The SMILES string of the molecule is CN1CCCC(CNc2ccc(C#N)cc2Br)C1. The number of likely N-dealkylation sites (tertiary alicyclic amines) is 1. The van der Waals surface area contributed by atoms with E-state index in [0.29, 0.717) is 11.5 Å². The summed E-state index contributed by atoms with van der Waals surface area (Å²) in [6, 6.07) is 7.81. The van der Waals surface area contributed by atoms with Crippen LogP contribution in [0.3, 0.4) is 0 Å². The third-order valence-electron chi connectivity index (χ3n) is 3.40. The third-order valence-corrected chi connectivity index (χ3v) is 4.06. The number of halogens is 1. The number of benzene rings is 1. The molecule has 1 N–H and O–H groups in total. The van der Waals surface area contributed by atoms with Crippen LogP contribution < -0.4 is 5.32 Å². The Morgan fingerprint density at radius 3 is 3.06 bits per heavy atom. The van der Waals surface area contributed by atoms with Crippen LogP contribution in [0.1, 0.15) is 18.4 Å². The first-order valence-corrected chi connectivity index (χ1v) is 7.10. The van der Waals surface area contributed by atoms with Gasteiger partial charge in [0.05, 0.1) is 11.6 Å². The van der Waals surface area contributed by atoms with Crippen molar-refractivity contribution in [3.05, 3.63) is 28.2 Å². The summed E-state index contributed by atoms with van der Waals surface area (Å²) >= 11 is 3.50. The Morgan fingerprint density at radius 2 is 2.39 bits per heavy atom. The highest BCUT2D eigenvalue weighted by Gasteiger charge is 2.16. The van der Waals surface area contributed by atoms with E-state index in [4.69, 9.17) is 5.26 Å². The van der Waals surface area contributed by atoms with Crippen LogP contribution >= 0.6 is 15.9 Å². The third kappa shape index (κ3) is 3.47. The molecule has 1 fully saturated rings. The van der Waals surface area contributed by atoms with E-state index >= 15 is 0 Å². The normalized spacial score (nSPS) is 20.4. The molecule has 2 rings (SSSR count). The zero-order valence-electron chi connectivity index (χ0n) is 10.6. The standard InChI is InChI=1S/C14H18BrN3/c1-18-6-2-3-12(10-18)9-17-14-5-4-11(8-16)7-13(14)15/h4-5,7,12,17H,2-3,6,9-10H2,1H3. The molecule has 0 saturated carbocycles. The van der Waals surface area contributed by atoms with Gasteiger partial charge in [0.2, 0.25) is 0 Å². The Morgan fingerprint density at radius 1 is 1.56 bits per heavy atom. The van der Waals surface area contributed by atoms with Gasteiger partial charge in [0.15, 0.2) is 0 Å². The van der Waals surface area contributed by atoms with E-state index < -0.39 is 0 Å². The van der Waals surface area contributed by atoms with Gasteiger partial charge in [-0.3, -0.25) is 0 Å². The Bertz CT molecular complexity index is 453. The van der Waals surface area contributed by atoms with Crippen molar-refractivity contribution < 1.29 is 0 Å². The van der Waals surface area contributed by atoms with Gasteiger partial charge in [0, 0.05) is 23.2 Å². The number of anilines is 1.